The summed E-state index contributed by atoms with van der Waals surface area (Å²) in [5.41, 5.74) is 4.80. The molecule has 0 aliphatic rings. The topological polar surface area (TPSA) is 125 Å². The summed E-state index contributed by atoms with van der Waals surface area (Å²) in [6, 6.07) is 24.6. The van der Waals surface area contributed by atoms with Crippen LogP contribution in [-0.4, -0.2) is 44.8 Å². The highest BCUT2D eigenvalue weighted by molar-refractivity contribution is 6.04. The van der Waals surface area contributed by atoms with Crippen molar-refractivity contribution in [2.75, 3.05) is 26.1 Å². The summed E-state index contributed by atoms with van der Waals surface area (Å²) in [7, 11) is 3.10. The molecule has 2 N–H and O–H groups in total. The Bertz CT molecular complexity index is 1570. The quantitative estimate of drug-likeness (QED) is 0.109. The van der Waals surface area contributed by atoms with Gasteiger partial charge in [0.1, 0.15) is 11.5 Å². The molecule has 0 saturated carbocycles. The standard InChI is InChI=1S/C32H29N3O7/c1-4-41-29-19-21(5-18-28(29)42-32(38)24-10-16-27(40-3)17-11-24)20-33-35-31(37)23-6-12-25(13-7-23)34-30(36)22-8-14-26(39-2)15-9-22/h5-20H,4H2,1-3H3,(H,34,36)(H,35,37)/b33-20-. The number of rotatable bonds is 11. The molecule has 42 heavy (non-hydrogen) atoms. The fourth-order valence-corrected chi connectivity index (χ4v) is 3.72. The Hall–Kier alpha value is -5.64. The number of esters is 1. The number of amides is 2. The summed E-state index contributed by atoms with van der Waals surface area (Å²) in [6.45, 7) is 2.16. The van der Waals surface area contributed by atoms with Crippen molar-refractivity contribution in [1.82, 2.24) is 5.43 Å². The van der Waals surface area contributed by atoms with Gasteiger partial charge in [-0.2, -0.15) is 5.10 Å². The molecule has 0 aliphatic carbocycles. The van der Waals surface area contributed by atoms with Gasteiger partial charge in [-0.25, -0.2) is 10.2 Å². The minimum atomic E-state index is -0.543. The van der Waals surface area contributed by atoms with Crippen LogP contribution in [-0.2, 0) is 0 Å². The molecule has 0 saturated heterocycles. The highest BCUT2D eigenvalue weighted by Crippen LogP contribution is 2.29. The number of hydrogen-bond donors (Lipinski definition) is 2. The van der Waals surface area contributed by atoms with E-state index in [1.54, 1.807) is 105 Å². The minimum absolute atomic E-state index is 0.248. The Labute approximate surface area is 242 Å². The number of benzene rings is 4. The van der Waals surface area contributed by atoms with Gasteiger partial charge in [-0.15, -0.1) is 0 Å². The normalized spacial score (nSPS) is 10.5. The fraction of sp³-hybridized carbons (Fsp3) is 0.125. The first-order valence-corrected chi connectivity index (χ1v) is 12.9. The van der Waals surface area contributed by atoms with E-state index in [2.05, 4.69) is 15.8 Å². The Morgan fingerprint density at radius 3 is 1.88 bits per heavy atom. The third-order valence-corrected chi connectivity index (χ3v) is 5.93. The van der Waals surface area contributed by atoms with Gasteiger partial charge in [0.05, 0.1) is 32.6 Å². The van der Waals surface area contributed by atoms with Gasteiger partial charge in [0.2, 0.25) is 0 Å². The first kappa shape index (κ1) is 29.3. The maximum atomic E-state index is 12.6. The SMILES string of the molecule is CCOc1cc(/C=N\NC(=O)c2ccc(NC(=O)c3ccc(OC)cc3)cc2)ccc1OC(=O)c1ccc(OC)cc1. The Kier molecular flexibility index (Phi) is 9.87. The Morgan fingerprint density at radius 1 is 0.714 bits per heavy atom. The molecule has 10 heteroatoms. The number of ether oxygens (including phenoxy) is 4. The number of anilines is 1. The number of nitrogens with zero attached hydrogens (tertiary/aromatic N) is 1. The number of carbonyl (C=O) groups is 3. The first-order valence-electron chi connectivity index (χ1n) is 12.9. The van der Waals surface area contributed by atoms with Crippen molar-refractivity contribution in [1.29, 1.82) is 0 Å². The number of carbonyl (C=O) groups excluding carboxylic acids is 3. The molecule has 0 spiro atoms. The van der Waals surface area contributed by atoms with Gasteiger partial charge in [0.25, 0.3) is 11.8 Å². The summed E-state index contributed by atoms with van der Waals surface area (Å²) < 4.78 is 21.4. The van der Waals surface area contributed by atoms with Crippen LogP contribution in [0.4, 0.5) is 5.69 Å². The van der Waals surface area contributed by atoms with E-state index in [1.165, 1.54) is 6.21 Å². The smallest absolute Gasteiger partial charge is 0.343 e. The predicted octanol–water partition coefficient (Wildman–Crippen LogP) is 5.34. The van der Waals surface area contributed by atoms with Crippen LogP contribution in [0.25, 0.3) is 0 Å². The van der Waals surface area contributed by atoms with E-state index in [0.29, 0.717) is 51.8 Å². The second-order valence-corrected chi connectivity index (χ2v) is 8.72. The van der Waals surface area contributed by atoms with Gasteiger partial charge < -0.3 is 24.3 Å². The maximum Gasteiger partial charge on any atom is 0.343 e. The molecule has 4 aromatic carbocycles. The number of methoxy groups -OCH3 is 2. The molecule has 0 aliphatic heterocycles. The number of hydrogen-bond acceptors (Lipinski definition) is 8. The van der Waals surface area contributed by atoms with Gasteiger partial charge >= 0.3 is 5.97 Å². The van der Waals surface area contributed by atoms with E-state index in [-0.39, 0.29) is 11.7 Å². The maximum absolute atomic E-state index is 12.6. The molecular weight excluding hydrogens is 538 g/mol. The van der Waals surface area contributed by atoms with Crippen LogP contribution in [0, 0.1) is 0 Å². The summed E-state index contributed by atoms with van der Waals surface area (Å²) >= 11 is 0. The number of hydrazone groups is 1. The van der Waals surface area contributed by atoms with Crippen LogP contribution < -0.4 is 29.7 Å². The zero-order valence-corrected chi connectivity index (χ0v) is 23.2. The predicted molar refractivity (Wildman–Crippen MR) is 158 cm³/mol. The molecule has 0 atom stereocenters. The van der Waals surface area contributed by atoms with E-state index in [9.17, 15) is 14.4 Å². The zero-order chi connectivity index (χ0) is 29.9. The van der Waals surface area contributed by atoms with Crippen LogP contribution in [0.15, 0.2) is 96.1 Å². The molecular formula is C32H29N3O7. The largest absolute Gasteiger partial charge is 0.497 e. The average molecular weight is 568 g/mol. The van der Waals surface area contributed by atoms with Crippen LogP contribution >= 0.6 is 0 Å². The average Bonchev–Trinajstić information content (AvgIpc) is 3.02. The van der Waals surface area contributed by atoms with Crippen molar-refractivity contribution in [3.8, 4) is 23.0 Å². The molecule has 2 amide bonds. The molecule has 0 radical (unpaired) electrons. The van der Waals surface area contributed by atoms with Gasteiger partial charge in [-0.05, 0) is 103 Å². The lowest BCUT2D eigenvalue weighted by Gasteiger charge is -2.11. The van der Waals surface area contributed by atoms with Crippen molar-refractivity contribution >= 4 is 29.7 Å². The lowest BCUT2D eigenvalue weighted by molar-refractivity contribution is 0.0728. The van der Waals surface area contributed by atoms with Crippen molar-refractivity contribution < 1.29 is 33.3 Å². The van der Waals surface area contributed by atoms with Crippen molar-refractivity contribution in [2.24, 2.45) is 5.10 Å². The molecule has 0 unspecified atom stereocenters. The van der Waals surface area contributed by atoms with E-state index in [1.807, 2.05) is 6.92 Å². The van der Waals surface area contributed by atoms with Crippen LogP contribution in [0.1, 0.15) is 43.6 Å². The van der Waals surface area contributed by atoms with Crippen molar-refractivity contribution in [3.63, 3.8) is 0 Å². The van der Waals surface area contributed by atoms with Gasteiger partial charge in [0, 0.05) is 16.8 Å². The molecule has 0 fully saturated rings. The fourth-order valence-electron chi connectivity index (χ4n) is 3.72. The van der Waals surface area contributed by atoms with Crippen LogP contribution in [0.3, 0.4) is 0 Å². The van der Waals surface area contributed by atoms with E-state index >= 15 is 0 Å². The van der Waals surface area contributed by atoms with Gasteiger partial charge in [-0.3, -0.25) is 9.59 Å². The van der Waals surface area contributed by atoms with Gasteiger partial charge in [0.15, 0.2) is 11.5 Å². The van der Waals surface area contributed by atoms with Crippen LogP contribution in [0.2, 0.25) is 0 Å². The number of nitrogens with one attached hydrogen (secondary N) is 2. The highest BCUT2D eigenvalue weighted by atomic mass is 16.6. The lowest BCUT2D eigenvalue weighted by atomic mass is 10.1. The second kappa shape index (κ2) is 14.1. The lowest BCUT2D eigenvalue weighted by Crippen LogP contribution is -2.18. The Balaban J connectivity index is 1.34. The first-order chi connectivity index (χ1) is 20.4. The molecule has 4 rings (SSSR count). The van der Waals surface area contributed by atoms with Crippen LogP contribution in [0.5, 0.6) is 23.0 Å². The van der Waals surface area contributed by atoms with Gasteiger partial charge in [-0.1, -0.05) is 0 Å². The van der Waals surface area contributed by atoms with E-state index in [0.717, 1.165) is 0 Å². The second-order valence-electron chi connectivity index (χ2n) is 8.72. The molecule has 10 nitrogen and oxygen atoms in total. The molecule has 0 heterocycles. The highest BCUT2D eigenvalue weighted by Gasteiger charge is 2.14. The molecule has 0 aromatic heterocycles. The monoisotopic (exact) mass is 567 g/mol. The Morgan fingerprint density at radius 2 is 1.29 bits per heavy atom. The van der Waals surface area contributed by atoms with Crippen molar-refractivity contribution in [2.45, 2.75) is 6.92 Å². The van der Waals surface area contributed by atoms with Crippen molar-refractivity contribution in [3.05, 3.63) is 113 Å². The zero-order valence-electron chi connectivity index (χ0n) is 23.2. The summed E-state index contributed by atoms with van der Waals surface area (Å²) in [6.07, 6.45) is 1.44. The van der Waals surface area contributed by atoms with E-state index in [4.69, 9.17) is 18.9 Å². The summed E-state index contributed by atoms with van der Waals surface area (Å²) in [5, 5.41) is 6.80. The molecule has 214 valence electrons. The third kappa shape index (κ3) is 7.72. The van der Waals surface area contributed by atoms with E-state index < -0.39 is 11.9 Å². The third-order valence-electron chi connectivity index (χ3n) is 5.93. The summed E-state index contributed by atoms with van der Waals surface area (Å²) in [4.78, 5) is 37.6. The summed E-state index contributed by atoms with van der Waals surface area (Å²) in [5.74, 6) is 0.617. The minimum Gasteiger partial charge on any atom is -0.497 e. The molecule has 4 aromatic rings. The molecule has 0 bridgehead atoms.